The molecular weight excluding hydrogens is 432 g/mol. The molecule has 0 saturated carbocycles. The molecule has 174 valence electrons. The molecular formula is C28H26O6. The maximum Gasteiger partial charge on any atom is 0.338 e. The highest BCUT2D eigenvalue weighted by atomic mass is 16.5. The van der Waals surface area contributed by atoms with Gasteiger partial charge >= 0.3 is 11.9 Å². The van der Waals surface area contributed by atoms with Crippen LogP contribution in [0.4, 0.5) is 0 Å². The molecule has 34 heavy (non-hydrogen) atoms. The summed E-state index contributed by atoms with van der Waals surface area (Å²) in [5, 5.41) is 0. The molecule has 3 rings (SSSR count). The number of hydrogen-bond acceptors (Lipinski definition) is 6. The fourth-order valence-corrected chi connectivity index (χ4v) is 2.77. The number of benzene rings is 3. The molecule has 0 amide bonds. The molecule has 3 aromatic rings. The van der Waals surface area contributed by atoms with Crippen molar-refractivity contribution in [1.82, 2.24) is 0 Å². The van der Waals surface area contributed by atoms with E-state index in [-0.39, 0.29) is 0 Å². The second kappa shape index (κ2) is 11.5. The highest BCUT2D eigenvalue weighted by Gasteiger charge is 2.07. The van der Waals surface area contributed by atoms with Crippen molar-refractivity contribution in [1.29, 1.82) is 0 Å². The zero-order chi connectivity index (χ0) is 24.5. The zero-order valence-electron chi connectivity index (χ0n) is 19.2. The van der Waals surface area contributed by atoms with E-state index in [9.17, 15) is 9.59 Å². The Bertz CT molecular complexity index is 1160. The van der Waals surface area contributed by atoms with Gasteiger partial charge in [0.05, 0.1) is 0 Å². The molecule has 0 aliphatic carbocycles. The Morgan fingerprint density at radius 3 is 1.21 bits per heavy atom. The number of ether oxygens (including phenoxy) is 4. The van der Waals surface area contributed by atoms with Crippen LogP contribution in [0.25, 0.3) is 11.1 Å². The molecule has 6 heteroatoms. The van der Waals surface area contributed by atoms with Crippen LogP contribution in [-0.2, 0) is 9.59 Å². The van der Waals surface area contributed by atoms with Gasteiger partial charge in [-0.2, -0.15) is 0 Å². The number of rotatable bonds is 10. The quantitative estimate of drug-likeness (QED) is 0.166. The summed E-state index contributed by atoms with van der Waals surface area (Å²) in [6.07, 6.45) is 0. The van der Waals surface area contributed by atoms with Gasteiger partial charge in [0.1, 0.15) is 36.2 Å². The van der Waals surface area contributed by atoms with Gasteiger partial charge in [-0.05, 0) is 73.5 Å². The summed E-state index contributed by atoms with van der Waals surface area (Å²) in [4.78, 5) is 23.1. The average molecular weight is 459 g/mol. The number of esters is 2. The van der Waals surface area contributed by atoms with Crippen molar-refractivity contribution in [2.45, 2.75) is 13.8 Å². The van der Waals surface area contributed by atoms with E-state index in [0.717, 1.165) is 16.9 Å². The highest BCUT2D eigenvalue weighted by molar-refractivity contribution is 5.89. The van der Waals surface area contributed by atoms with E-state index in [2.05, 4.69) is 13.2 Å². The van der Waals surface area contributed by atoms with Crippen LogP contribution in [0.1, 0.15) is 13.8 Å². The van der Waals surface area contributed by atoms with Crippen LogP contribution in [0.5, 0.6) is 23.0 Å². The van der Waals surface area contributed by atoms with Crippen molar-refractivity contribution in [3.63, 3.8) is 0 Å². The Labute approximate surface area is 199 Å². The Morgan fingerprint density at radius 2 is 0.853 bits per heavy atom. The lowest BCUT2D eigenvalue weighted by Gasteiger charge is -2.10. The molecule has 0 aliphatic rings. The summed E-state index contributed by atoms with van der Waals surface area (Å²) in [5.74, 6) is 1.36. The predicted octanol–water partition coefficient (Wildman–Crippen LogP) is 5.77. The minimum Gasteiger partial charge on any atom is -0.490 e. The third kappa shape index (κ3) is 7.10. The van der Waals surface area contributed by atoms with E-state index in [4.69, 9.17) is 18.9 Å². The fraction of sp³-hybridized carbons (Fsp3) is 0.143. The van der Waals surface area contributed by atoms with Gasteiger partial charge in [-0.3, -0.25) is 0 Å². The van der Waals surface area contributed by atoms with E-state index < -0.39 is 11.9 Å². The molecule has 0 N–H and O–H groups in total. The summed E-state index contributed by atoms with van der Waals surface area (Å²) in [5.41, 5.74) is 2.69. The van der Waals surface area contributed by atoms with Crippen molar-refractivity contribution >= 4 is 11.9 Å². The summed E-state index contributed by atoms with van der Waals surface area (Å²) >= 11 is 0. The van der Waals surface area contributed by atoms with Crippen LogP contribution >= 0.6 is 0 Å². The molecule has 0 heterocycles. The first kappa shape index (κ1) is 24.3. The summed E-state index contributed by atoms with van der Waals surface area (Å²) in [7, 11) is 0. The van der Waals surface area contributed by atoms with Crippen molar-refractivity contribution < 1.29 is 28.5 Å². The first-order chi connectivity index (χ1) is 16.3. The van der Waals surface area contributed by atoms with E-state index >= 15 is 0 Å². The molecule has 3 aromatic carbocycles. The van der Waals surface area contributed by atoms with E-state index in [1.807, 2.05) is 36.4 Å². The predicted molar refractivity (Wildman–Crippen MR) is 130 cm³/mol. The first-order valence-electron chi connectivity index (χ1n) is 10.6. The van der Waals surface area contributed by atoms with Gasteiger partial charge in [0.2, 0.25) is 0 Å². The molecule has 0 radical (unpaired) electrons. The number of hydrogen-bond donors (Lipinski definition) is 0. The molecule has 0 fully saturated rings. The largest absolute Gasteiger partial charge is 0.490 e. The molecule has 0 unspecified atom stereocenters. The molecule has 0 aromatic heterocycles. The molecule has 0 bridgehead atoms. The Hall–Kier alpha value is -4.32. The van der Waals surface area contributed by atoms with Crippen molar-refractivity contribution in [3.8, 4) is 34.1 Å². The Morgan fingerprint density at radius 1 is 0.559 bits per heavy atom. The van der Waals surface area contributed by atoms with Gasteiger partial charge in [0, 0.05) is 11.1 Å². The van der Waals surface area contributed by atoms with Crippen LogP contribution < -0.4 is 18.9 Å². The molecule has 0 spiro atoms. The second-order valence-corrected chi connectivity index (χ2v) is 7.56. The lowest BCUT2D eigenvalue weighted by Crippen LogP contribution is -2.09. The SMILES string of the molecule is C=C(C)C(=O)Oc1ccc(OCCOc2ccc(-c3ccc(OC(=O)C(=C)C)cc3)cc2)cc1. The van der Waals surface area contributed by atoms with Crippen molar-refractivity contribution in [2.24, 2.45) is 0 Å². The minimum atomic E-state index is -0.464. The number of carbonyl (C=O) groups excluding carboxylic acids is 2. The number of carbonyl (C=O) groups is 2. The second-order valence-electron chi connectivity index (χ2n) is 7.56. The zero-order valence-corrected chi connectivity index (χ0v) is 19.2. The highest BCUT2D eigenvalue weighted by Crippen LogP contribution is 2.25. The van der Waals surface area contributed by atoms with Crippen molar-refractivity contribution in [2.75, 3.05) is 13.2 Å². The Kier molecular flexibility index (Phi) is 8.24. The van der Waals surface area contributed by atoms with Crippen molar-refractivity contribution in [3.05, 3.63) is 97.1 Å². The van der Waals surface area contributed by atoms with E-state index in [0.29, 0.717) is 41.6 Å². The Balaban J connectivity index is 1.44. The molecule has 6 nitrogen and oxygen atoms in total. The van der Waals surface area contributed by atoms with Gasteiger partial charge in [0.25, 0.3) is 0 Å². The van der Waals surface area contributed by atoms with Crippen LogP contribution in [0.15, 0.2) is 97.1 Å². The van der Waals surface area contributed by atoms with Gasteiger partial charge in [-0.15, -0.1) is 0 Å². The summed E-state index contributed by atoms with van der Waals surface area (Å²) in [6.45, 7) is 11.0. The summed E-state index contributed by atoms with van der Waals surface area (Å²) < 4.78 is 21.7. The third-order valence-electron chi connectivity index (χ3n) is 4.60. The van der Waals surface area contributed by atoms with Gasteiger partial charge in [0.15, 0.2) is 0 Å². The molecule has 0 atom stereocenters. The first-order valence-corrected chi connectivity index (χ1v) is 10.6. The minimum absolute atomic E-state index is 0.338. The van der Waals surface area contributed by atoms with Gasteiger partial charge in [-0.25, -0.2) is 9.59 Å². The topological polar surface area (TPSA) is 71.1 Å². The molecule has 0 saturated heterocycles. The van der Waals surface area contributed by atoms with E-state index in [1.54, 1.807) is 50.2 Å². The smallest absolute Gasteiger partial charge is 0.338 e. The maximum atomic E-state index is 11.6. The lowest BCUT2D eigenvalue weighted by atomic mass is 10.1. The average Bonchev–Trinajstić information content (AvgIpc) is 2.83. The molecule has 0 aliphatic heterocycles. The maximum absolute atomic E-state index is 11.6. The van der Waals surface area contributed by atoms with Crippen LogP contribution in [0, 0.1) is 0 Å². The van der Waals surface area contributed by atoms with Gasteiger partial charge < -0.3 is 18.9 Å². The monoisotopic (exact) mass is 458 g/mol. The van der Waals surface area contributed by atoms with Crippen LogP contribution in [-0.4, -0.2) is 25.2 Å². The van der Waals surface area contributed by atoms with Gasteiger partial charge in [-0.1, -0.05) is 37.4 Å². The van der Waals surface area contributed by atoms with E-state index in [1.165, 1.54) is 0 Å². The van der Waals surface area contributed by atoms with Crippen LogP contribution in [0.2, 0.25) is 0 Å². The summed E-state index contributed by atoms with van der Waals surface area (Å²) in [6, 6.07) is 21.7. The van der Waals surface area contributed by atoms with Crippen LogP contribution in [0.3, 0.4) is 0 Å². The standard InChI is InChI=1S/C28H26O6/c1-19(2)27(29)33-25-11-7-22(8-12-25)21-5-9-23(10-6-21)31-17-18-32-24-13-15-26(16-14-24)34-28(30)20(3)4/h5-16H,1,3,17-18H2,2,4H3. The third-order valence-corrected chi connectivity index (χ3v) is 4.60. The normalized spacial score (nSPS) is 10.2. The lowest BCUT2D eigenvalue weighted by molar-refractivity contribution is -0.130. The fourth-order valence-electron chi connectivity index (χ4n) is 2.77.